The van der Waals surface area contributed by atoms with Crippen molar-refractivity contribution in [3.63, 3.8) is 0 Å². The topological polar surface area (TPSA) is 63.9 Å². The second-order valence-electron chi connectivity index (χ2n) is 8.51. The summed E-state index contributed by atoms with van der Waals surface area (Å²) in [6, 6.07) is 8.47. The molecule has 4 aliphatic rings. The van der Waals surface area contributed by atoms with Gasteiger partial charge in [0.05, 0.1) is 30.9 Å². The molecule has 142 valence electrons. The molecule has 1 aromatic carbocycles. The number of ether oxygens (including phenoxy) is 2. The first-order chi connectivity index (χ1) is 13.1. The molecule has 6 heteroatoms. The molecule has 1 aromatic heterocycles. The lowest BCUT2D eigenvalue weighted by atomic mass is 9.62. The van der Waals surface area contributed by atoms with Crippen molar-refractivity contribution in [3.8, 4) is 0 Å². The van der Waals surface area contributed by atoms with Crippen molar-refractivity contribution >= 4 is 16.9 Å². The van der Waals surface area contributed by atoms with Crippen LogP contribution in [0.3, 0.4) is 0 Å². The molecule has 4 aliphatic heterocycles. The summed E-state index contributed by atoms with van der Waals surface area (Å²) >= 11 is 0. The molecule has 27 heavy (non-hydrogen) atoms. The van der Waals surface area contributed by atoms with Gasteiger partial charge in [0.1, 0.15) is 0 Å². The standard InChI is InChI=1S/C21H24N2O4/c1-3-20-11-21(19(25)26-2)23-14-7-5-4-6-12(14)13-8-9-22(17(20)16(13)23)10-15(24)18(20)27-21/h4-7,15,17-18,24H,3,8-11H2,1-2H3/t15-,17+,18+,20-,21-/m0/s1. The number of fused-ring (bicyclic) bond motifs is 5. The first-order valence-electron chi connectivity index (χ1n) is 9.88. The van der Waals surface area contributed by atoms with E-state index in [0.717, 1.165) is 24.9 Å². The van der Waals surface area contributed by atoms with Gasteiger partial charge in [0.2, 0.25) is 5.72 Å². The number of methoxy groups -OCH3 is 1. The summed E-state index contributed by atoms with van der Waals surface area (Å²) in [5.74, 6) is -0.365. The lowest BCUT2D eigenvalue weighted by Gasteiger charge is -2.55. The lowest BCUT2D eigenvalue weighted by Crippen LogP contribution is -2.61. The maximum absolute atomic E-state index is 13.2. The molecule has 2 aromatic rings. The SMILES string of the molecule is CC[C@@]12C[C@@]3(C(=O)OC)O[C@@H]1[C@@H](O)CN1CCc4c(n3c3ccccc43)[C@@H]12. The molecule has 0 radical (unpaired) electrons. The van der Waals surface area contributed by atoms with Crippen LogP contribution in [0.2, 0.25) is 0 Å². The number of piperidine rings is 1. The van der Waals surface area contributed by atoms with E-state index in [0.29, 0.717) is 13.0 Å². The summed E-state index contributed by atoms with van der Waals surface area (Å²) < 4.78 is 13.9. The third kappa shape index (κ3) is 1.59. The molecular weight excluding hydrogens is 344 g/mol. The van der Waals surface area contributed by atoms with Crippen molar-refractivity contribution in [1.29, 1.82) is 0 Å². The predicted octanol–water partition coefficient (Wildman–Crippen LogP) is 1.94. The minimum absolute atomic E-state index is 0.173. The van der Waals surface area contributed by atoms with Gasteiger partial charge in [-0.05, 0) is 24.5 Å². The van der Waals surface area contributed by atoms with Crippen LogP contribution in [-0.2, 0) is 26.4 Å². The third-order valence-corrected chi connectivity index (χ3v) is 7.59. The summed E-state index contributed by atoms with van der Waals surface area (Å²) in [6.07, 6.45) is 1.39. The molecule has 0 aliphatic carbocycles. The van der Waals surface area contributed by atoms with E-state index in [4.69, 9.17) is 9.47 Å². The first kappa shape index (κ1) is 16.1. The van der Waals surface area contributed by atoms with Crippen molar-refractivity contribution in [2.45, 2.75) is 50.2 Å². The van der Waals surface area contributed by atoms with Gasteiger partial charge in [-0.1, -0.05) is 25.1 Å². The fourth-order valence-corrected chi connectivity index (χ4v) is 6.64. The molecule has 0 amide bonds. The Balaban J connectivity index is 1.77. The van der Waals surface area contributed by atoms with Gasteiger partial charge >= 0.3 is 5.97 Å². The number of hydrogen-bond donors (Lipinski definition) is 1. The second-order valence-corrected chi connectivity index (χ2v) is 8.51. The van der Waals surface area contributed by atoms with Crippen LogP contribution in [0.5, 0.6) is 0 Å². The number of hydrogen-bond acceptors (Lipinski definition) is 5. The molecule has 0 spiro atoms. The van der Waals surface area contributed by atoms with Gasteiger partial charge in [0.25, 0.3) is 0 Å². The normalized spacial score (nSPS) is 39.0. The Bertz CT molecular complexity index is 984. The number of rotatable bonds is 2. The number of esters is 1. The average molecular weight is 368 g/mol. The zero-order chi connectivity index (χ0) is 18.6. The zero-order valence-corrected chi connectivity index (χ0v) is 15.6. The Kier molecular flexibility index (Phi) is 2.94. The van der Waals surface area contributed by atoms with E-state index in [1.54, 1.807) is 0 Å². The van der Waals surface area contributed by atoms with Crippen LogP contribution in [0.1, 0.15) is 37.1 Å². The van der Waals surface area contributed by atoms with Crippen molar-refractivity contribution in [2.24, 2.45) is 5.41 Å². The van der Waals surface area contributed by atoms with E-state index in [2.05, 4.69) is 34.6 Å². The molecule has 2 saturated heterocycles. The zero-order valence-electron chi connectivity index (χ0n) is 15.6. The predicted molar refractivity (Wildman–Crippen MR) is 98.2 cm³/mol. The quantitative estimate of drug-likeness (QED) is 0.821. The van der Waals surface area contributed by atoms with E-state index in [-0.39, 0.29) is 23.5 Å². The Morgan fingerprint density at radius 3 is 3.00 bits per heavy atom. The van der Waals surface area contributed by atoms with Gasteiger partial charge < -0.3 is 19.1 Å². The highest BCUT2D eigenvalue weighted by Crippen LogP contribution is 2.66. The summed E-state index contributed by atoms with van der Waals surface area (Å²) in [5.41, 5.74) is 2.11. The molecule has 6 nitrogen and oxygen atoms in total. The van der Waals surface area contributed by atoms with Crippen molar-refractivity contribution in [1.82, 2.24) is 9.47 Å². The fraction of sp³-hybridized carbons (Fsp3) is 0.571. The summed E-state index contributed by atoms with van der Waals surface area (Å²) in [6.45, 7) is 3.68. The van der Waals surface area contributed by atoms with Crippen LogP contribution in [0.25, 0.3) is 10.9 Å². The van der Waals surface area contributed by atoms with Crippen LogP contribution >= 0.6 is 0 Å². The van der Waals surface area contributed by atoms with Gasteiger partial charge in [-0.3, -0.25) is 4.90 Å². The molecule has 0 saturated carbocycles. The van der Waals surface area contributed by atoms with Crippen LogP contribution in [0.4, 0.5) is 0 Å². The van der Waals surface area contributed by atoms with Gasteiger partial charge in [0, 0.05) is 36.0 Å². The number of carbonyl (C=O) groups excluding carboxylic acids is 1. The number of aliphatic hydroxyl groups excluding tert-OH is 1. The monoisotopic (exact) mass is 368 g/mol. The largest absolute Gasteiger partial charge is 0.465 e. The Morgan fingerprint density at radius 2 is 2.22 bits per heavy atom. The number of aromatic nitrogens is 1. The third-order valence-electron chi connectivity index (χ3n) is 7.59. The summed E-state index contributed by atoms with van der Waals surface area (Å²) in [7, 11) is 1.42. The second kappa shape index (κ2) is 4.93. The Hall–Kier alpha value is -1.89. The maximum atomic E-state index is 13.2. The average Bonchev–Trinajstić information content (AvgIpc) is 3.20. The Morgan fingerprint density at radius 1 is 1.41 bits per heavy atom. The molecule has 2 bridgehead atoms. The summed E-state index contributed by atoms with van der Waals surface area (Å²) in [4.78, 5) is 15.6. The van der Waals surface area contributed by atoms with Crippen molar-refractivity contribution in [2.75, 3.05) is 20.2 Å². The lowest BCUT2D eigenvalue weighted by molar-refractivity contribution is -0.191. The van der Waals surface area contributed by atoms with Gasteiger partial charge in [-0.25, -0.2) is 4.79 Å². The van der Waals surface area contributed by atoms with E-state index in [1.807, 2.05) is 6.07 Å². The van der Waals surface area contributed by atoms with Crippen LogP contribution in [0, 0.1) is 5.41 Å². The number of carbonyl (C=O) groups is 1. The van der Waals surface area contributed by atoms with E-state index >= 15 is 0 Å². The van der Waals surface area contributed by atoms with Crippen molar-refractivity contribution in [3.05, 3.63) is 35.5 Å². The first-order valence-corrected chi connectivity index (χ1v) is 9.88. The van der Waals surface area contributed by atoms with Crippen LogP contribution < -0.4 is 0 Å². The van der Waals surface area contributed by atoms with E-state index < -0.39 is 11.8 Å². The highest BCUT2D eigenvalue weighted by atomic mass is 16.6. The van der Waals surface area contributed by atoms with Crippen molar-refractivity contribution < 1.29 is 19.4 Å². The number of aliphatic hydroxyl groups is 1. The van der Waals surface area contributed by atoms with E-state index in [9.17, 15) is 9.90 Å². The number of para-hydroxylation sites is 1. The number of benzene rings is 1. The molecule has 2 fully saturated rings. The molecule has 1 N–H and O–H groups in total. The number of nitrogens with zero attached hydrogens (tertiary/aromatic N) is 2. The van der Waals surface area contributed by atoms with E-state index in [1.165, 1.54) is 23.8 Å². The summed E-state index contributed by atoms with van der Waals surface area (Å²) in [5, 5.41) is 12.1. The molecular formula is C21H24N2O4. The smallest absolute Gasteiger partial charge is 0.360 e. The Labute approximate surface area is 157 Å². The van der Waals surface area contributed by atoms with Crippen LogP contribution in [-0.4, -0.2) is 53.0 Å². The minimum Gasteiger partial charge on any atom is -0.465 e. The van der Waals surface area contributed by atoms with Crippen LogP contribution in [0.15, 0.2) is 24.3 Å². The molecule has 0 unspecified atom stereocenters. The van der Waals surface area contributed by atoms with Gasteiger partial charge in [-0.2, -0.15) is 0 Å². The molecule has 5 heterocycles. The van der Waals surface area contributed by atoms with Gasteiger partial charge in [0.15, 0.2) is 0 Å². The maximum Gasteiger partial charge on any atom is 0.360 e. The van der Waals surface area contributed by atoms with Gasteiger partial charge in [-0.15, -0.1) is 0 Å². The highest BCUT2D eigenvalue weighted by molar-refractivity contribution is 5.90. The fourth-order valence-electron chi connectivity index (χ4n) is 6.64. The highest BCUT2D eigenvalue weighted by Gasteiger charge is 2.72. The molecule has 5 atom stereocenters. The minimum atomic E-state index is -1.19. The molecule has 6 rings (SSSR count).